The highest BCUT2D eigenvalue weighted by Gasteiger charge is 2.25. The highest BCUT2D eigenvalue weighted by atomic mass is 32.1. The molecule has 0 radical (unpaired) electrons. The first-order valence-electron chi connectivity index (χ1n) is 6.71. The third-order valence-corrected chi connectivity index (χ3v) is 4.65. The van der Waals surface area contributed by atoms with Crippen molar-refractivity contribution >= 4 is 28.3 Å². The second-order valence-electron chi connectivity index (χ2n) is 4.66. The van der Waals surface area contributed by atoms with E-state index in [-0.39, 0.29) is 18.4 Å². The molecule has 6 heteroatoms. The smallest absolute Gasteiger partial charge is 0.341 e. The third-order valence-electron chi connectivity index (χ3n) is 3.40. The Labute approximate surface area is 122 Å². The number of methoxy groups -OCH3 is 2. The second-order valence-corrected chi connectivity index (χ2v) is 5.76. The second kappa shape index (κ2) is 6.74. The van der Waals surface area contributed by atoms with Gasteiger partial charge in [0.25, 0.3) is 0 Å². The van der Waals surface area contributed by atoms with E-state index in [1.807, 2.05) is 0 Å². The number of aryl methyl sites for hydroxylation is 1. The van der Waals surface area contributed by atoms with E-state index in [4.69, 9.17) is 4.74 Å². The Bertz CT molecular complexity index is 510. The Balaban J connectivity index is 2.16. The van der Waals surface area contributed by atoms with Gasteiger partial charge in [-0.1, -0.05) is 0 Å². The minimum atomic E-state index is -0.301. The highest BCUT2D eigenvalue weighted by Crippen LogP contribution is 2.38. The molecule has 110 valence electrons. The lowest BCUT2D eigenvalue weighted by Crippen LogP contribution is -2.13. The Morgan fingerprint density at radius 2 is 1.95 bits per heavy atom. The van der Waals surface area contributed by atoms with Crippen molar-refractivity contribution in [2.24, 2.45) is 0 Å². The van der Waals surface area contributed by atoms with Gasteiger partial charge in [0.05, 0.1) is 26.2 Å². The number of thiophene rings is 1. The maximum absolute atomic E-state index is 12.0. The summed E-state index contributed by atoms with van der Waals surface area (Å²) in [6, 6.07) is 0. The molecule has 1 aromatic heterocycles. The molecule has 0 unspecified atom stereocenters. The topological polar surface area (TPSA) is 64.6 Å². The lowest BCUT2D eigenvalue weighted by Gasteiger charge is -2.11. The fraction of sp³-hybridized carbons (Fsp3) is 0.571. The van der Waals surface area contributed by atoms with Gasteiger partial charge < -0.3 is 14.8 Å². The van der Waals surface area contributed by atoms with E-state index >= 15 is 0 Å². The Hall–Kier alpha value is -1.56. The minimum absolute atomic E-state index is 0.265. The van der Waals surface area contributed by atoms with Gasteiger partial charge in [-0.25, -0.2) is 4.79 Å². The first-order chi connectivity index (χ1) is 9.67. The molecule has 1 heterocycles. The van der Waals surface area contributed by atoms with Crippen molar-refractivity contribution in [3.8, 4) is 0 Å². The maximum atomic E-state index is 12.0. The van der Waals surface area contributed by atoms with E-state index in [1.54, 1.807) is 11.3 Å². The van der Waals surface area contributed by atoms with E-state index in [0.29, 0.717) is 12.1 Å². The first kappa shape index (κ1) is 14.8. The van der Waals surface area contributed by atoms with Gasteiger partial charge in [-0.3, -0.25) is 4.79 Å². The molecule has 0 saturated heterocycles. The quantitative estimate of drug-likeness (QED) is 0.845. The Morgan fingerprint density at radius 1 is 1.20 bits per heavy atom. The molecule has 2 rings (SSSR count). The van der Waals surface area contributed by atoms with E-state index in [0.717, 1.165) is 36.2 Å². The van der Waals surface area contributed by atoms with Crippen LogP contribution in [0.15, 0.2) is 0 Å². The molecule has 0 spiro atoms. The molecule has 1 N–H and O–H groups in total. The summed E-state index contributed by atoms with van der Waals surface area (Å²) < 4.78 is 9.49. The summed E-state index contributed by atoms with van der Waals surface area (Å²) in [6.07, 6.45) is 4.49. The highest BCUT2D eigenvalue weighted by molar-refractivity contribution is 7.16. The van der Waals surface area contributed by atoms with Crippen LogP contribution in [0.25, 0.3) is 0 Å². The predicted octanol–water partition coefficient (Wildman–Crippen LogP) is 2.39. The fourth-order valence-electron chi connectivity index (χ4n) is 2.39. The van der Waals surface area contributed by atoms with Crippen molar-refractivity contribution in [1.29, 1.82) is 0 Å². The Kier molecular flexibility index (Phi) is 5.00. The number of hydrogen-bond donors (Lipinski definition) is 1. The molecule has 20 heavy (non-hydrogen) atoms. The summed E-state index contributed by atoms with van der Waals surface area (Å²) >= 11 is 1.60. The van der Waals surface area contributed by atoms with Crippen LogP contribution in [0, 0.1) is 0 Å². The van der Waals surface area contributed by atoms with Gasteiger partial charge >= 0.3 is 11.9 Å². The Morgan fingerprint density at radius 3 is 2.65 bits per heavy atom. The molecule has 1 aliphatic rings. The zero-order chi connectivity index (χ0) is 14.5. The van der Waals surface area contributed by atoms with Gasteiger partial charge in [-0.2, -0.15) is 0 Å². The first-order valence-corrected chi connectivity index (χ1v) is 7.52. The molecule has 1 aromatic rings. The summed E-state index contributed by atoms with van der Waals surface area (Å²) in [5.41, 5.74) is 1.77. The third kappa shape index (κ3) is 3.12. The van der Waals surface area contributed by atoms with Crippen LogP contribution in [0.1, 0.15) is 40.1 Å². The van der Waals surface area contributed by atoms with Crippen molar-refractivity contribution < 1.29 is 19.1 Å². The predicted molar refractivity (Wildman–Crippen MR) is 77.4 cm³/mol. The average Bonchev–Trinajstić information content (AvgIpc) is 2.84. The van der Waals surface area contributed by atoms with Gasteiger partial charge in [0.15, 0.2) is 0 Å². The molecule has 0 atom stereocenters. The van der Waals surface area contributed by atoms with Crippen molar-refractivity contribution in [1.82, 2.24) is 0 Å². The van der Waals surface area contributed by atoms with Crippen LogP contribution in [0.5, 0.6) is 0 Å². The molecule has 0 aliphatic heterocycles. The standard InChI is InChI=1S/C14H19NO4S/c1-18-11(16)7-8-15-13-12(14(17)19-2)9-5-3-4-6-10(9)20-13/h15H,3-8H2,1-2H3. The van der Waals surface area contributed by atoms with Gasteiger partial charge in [0.2, 0.25) is 0 Å². The maximum Gasteiger partial charge on any atom is 0.341 e. The number of ether oxygens (including phenoxy) is 2. The van der Waals surface area contributed by atoms with Crippen LogP contribution in [-0.2, 0) is 27.1 Å². The van der Waals surface area contributed by atoms with Crippen LogP contribution in [0.3, 0.4) is 0 Å². The zero-order valence-electron chi connectivity index (χ0n) is 11.8. The summed E-state index contributed by atoms with van der Waals surface area (Å²) in [4.78, 5) is 24.4. The number of anilines is 1. The van der Waals surface area contributed by atoms with Crippen LogP contribution >= 0.6 is 11.3 Å². The molecule has 0 fully saturated rings. The molecular formula is C14H19NO4S. The van der Waals surface area contributed by atoms with Crippen LogP contribution in [0.4, 0.5) is 5.00 Å². The number of esters is 2. The van der Waals surface area contributed by atoms with E-state index in [1.165, 1.54) is 19.1 Å². The van der Waals surface area contributed by atoms with Crippen LogP contribution < -0.4 is 5.32 Å². The number of nitrogens with one attached hydrogen (secondary N) is 1. The number of carbonyl (C=O) groups excluding carboxylic acids is 2. The molecule has 0 amide bonds. The normalized spacial score (nSPS) is 13.5. The van der Waals surface area contributed by atoms with Gasteiger partial charge in [0, 0.05) is 11.4 Å². The molecular weight excluding hydrogens is 278 g/mol. The number of rotatable bonds is 5. The SMILES string of the molecule is COC(=O)CCNc1sc2c(c1C(=O)OC)CCCC2. The molecule has 0 aromatic carbocycles. The average molecular weight is 297 g/mol. The van der Waals surface area contributed by atoms with Crippen LogP contribution in [-0.4, -0.2) is 32.7 Å². The van der Waals surface area contributed by atoms with Gasteiger partial charge in [0.1, 0.15) is 5.00 Å². The molecule has 1 aliphatic carbocycles. The van der Waals surface area contributed by atoms with E-state index < -0.39 is 0 Å². The van der Waals surface area contributed by atoms with Crippen molar-refractivity contribution in [3.05, 3.63) is 16.0 Å². The van der Waals surface area contributed by atoms with Gasteiger partial charge in [-0.15, -0.1) is 11.3 Å². The minimum Gasteiger partial charge on any atom is -0.469 e. The summed E-state index contributed by atoms with van der Waals surface area (Å²) in [7, 11) is 2.76. The summed E-state index contributed by atoms with van der Waals surface area (Å²) in [6.45, 7) is 0.454. The largest absolute Gasteiger partial charge is 0.469 e. The lowest BCUT2D eigenvalue weighted by molar-refractivity contribution is -0.140. The van der Waals surface area contributed by atoms with Crippen molar-refractivity contribution in [3.63, 3.8) is 0 Å². The van der Waals surface area contributed by atoms with Crippen molar-refractivity contribution in [2.45, 2.75) is 32.1 Å². The fourth-order valence-corrected chi connectivity index (χ4v) is 3.69. The zero-order valence-corrected chi connectivity index (χ0v) is 12.6. The number of carbonyl (C=O) groups is 2. The molecule has 0 saturated carbocycles. The molecule has 0 bridgehead atoms. The van der Waals surface area contributed by atoms with Crippen LogP contribution in [0.2, 0.25) is 0 Å². The lowest BCUT2D eigenvalue weighted by atomic mass is 9.95. The number of fused-ring (bicyclic) bond motifs is 1. The summed E-state index contributed by atoms with van der Waals surface area (Å²) in [5.74, 6) is -0.566. The van der Waals surface area contributed by atoms with E-state index in [2.05, 4.69) is 10.1 Å². The molecule has 5 nitrogen and oxygen atoms in total. The number of hydrogen-bond acceptors (Lipinski definition) is 6. The van der Waals surface area contributed by atoms with Gasteiger partial charge in [-0.05, 0) is 31.2 Å². The summed E-state index contributed by atoms with van der Waals surface area (Å²) in [5, 5.41) is 3.98. The monoisotopic (exact) mass is 297 g/mol. The van der Waals surface area contributed by atoms with Crippen molar-refractivity contribution in [2.75, 3.05) is 26.1 Å². The van der Waals surface area contributed by atoms with E-state index in [9.17, 15) is 9.59 Å².